The highest BCUT2D eigenvalue weighted by Crippen LogP contribution is 2.43. The minimum absolute atomic E-state index is 0.0495. The third-order valence-electron chi connectivity index (χ3n) is 9.39. The average molecular weight is 822 g/mol. The van der Waals surface area contributed by atoms with Gasteiger partial charge >= 0.3 is 19.8 Å². The monoisotopic (exact) mass is 822 g/mol. The standard InChI is InChI=1S/C47H84NO8P/c1-3-5-7-9-11-13-15-17-18-19-20-21-22-23-24-25-26-28-30-32-34-36-38-40-47(50)56-45(44-55-57(51,52)54-42-41-48)43-53-46(49)39-37-35-33-31-29-27-16-14-12-10-8-6-4-2/h5,7,11,13-14,16-18,20-21,45H,3-4,6,8-10,12,15,19,22-44,48H2,1-2H3,(H,51,52)/b7-5-,13-11-,16-14-,18-17-,21-20-. The highest BCUT2D eigenvalue weighted by molar-refractivity contribution is 7.47. The first-order valence-corrected chi connectivity index (χ1v) is 24.3. The maximum Gasteiger partial charge on any atom is 0.472 e. The van der Waals surface area contributed by atoms with Crippen molar-refractivity contribution in [2.24, 2.45) is 5.73 Å². The van der Waals surface area contributed by atoms with Gasteiger partial charge in [-0.25, -0.2) is 4.57 Å². The zero-order valence-electron chi connectivity index (χ0n) is 36.3. The van der Waals surface area contributed by atoms with E-state index < -0.39 is 32.5 Å². The largest absolute Gasteiger partial charge is 0.472 e. The summed E-state index contributed by atoms with van der Waals surface area (Å²) in [7, 11) is -4.38. The Morgan fingerprint density at radius 2 is 0.965 bits per heavy atom. The topological polar surface area (TPSA) is 134 Å². The minimum atomic E-state index is -4.38. The van der Waals surface area contributed by atoms with Crippen molar-refractivity contribution in [3.63, 3.8) is 0 Å². The molecule has 0 radical (unpaired) electrons. The highest BCUT2D eigenvalue weighted by Gasteiger charge is 2.26. The van der Waals surface area contributed by atoms with Gasteiger partial charge in [0.15, 0.2) is 6.10 Å². The third kappa shape index (κ3) is 43.1. The number of esters is 2. The molecule has 3 N–H and O–H groups in total. The molecular formula is C47H84NO8P. The second-order valence-corrected chi connectivity index (χ2v) is 16.3. The highest BCUT2D eigenvalue weighted by atomic mass is 31.2. The van der Waals surface area contributed by atoms with Crippen molar-refractivity contribution in [2.45, 2.75) is 200 Å². The van der Waals surface area contributed by atoms with Gasteiger partial charge in [-0.15, -0.1) is 0 Å². The van der Waals surface area contributed by atoms with Crippen molar-refractivity contribution in [1.82, 2.24) is 0 Å². The van der Waals surface area contributed by atoms with Gasteiger partial charge in [0, 0.05) is 19.4 Å². The number of carbonyl (C=O) groups is 2. The van der Waals surface area contributed by atoms with Crippen molar-refractivity contribution in [3.05, 3.63) is 60.8 Å². The summed E-state index contributed by atoms with van der Waals surface area (Å²) in [5.74, 6) is -0.845. The molecular weight excluding hydrogens is 737 g/mol. The van der Waals surface area contributed by atoms with E-state index in [1.165, 1.54) is 70.6 Å². The molecule has 10 heteroatoms. The summed E-state index contributed by atoms with van der Waals surface area (Å²) < 4.78 is 32.8. The Morgan fingerprint density at radius 3 is 1.46 bits per heavy atom. The van der Waals surface area contributed by atoms with Crippen LogP contribution in [0.3, 0.4) is 0 Å². The van der Waals surface area contributed by atoms with E-state index in [-0.39, 0.29) is 32.6 Å². The SMILES string of the molecule is CC/C=C\C/C=C\C/C=C\C/C=C\CCCCCCCCCCCCC(=O)OC(COC(=O)CCCCCCC/C=C\CCCCCC)COP(=O)(O)OCCN. The van der Waals surface area contributed by atoms with Gasteiger partial charge in [0.05, 0.1) is 13.2 Å². The number of unbranched alkanes of at least 4 members (excludes halogenated alkanes) is 19. The lowest BCUT2D eigenvalue weighted by Gasteiger charge is -2.19. The molecule has 0 bridgehead atoms. The van der Waals surface area contributed by atoms with Gasteiger partial charge in [-0.3, -0.25) is 18.6 Å². The molecule has 0 fully saturated rings. The molecule has 0 aliphatic carbocycles. The van der Waals surface area contributed by atoms with E-state index in [9.17, 15) is 19.0 Å². The van der Waals surface area contributed by atoms with Crippen LogP contribution in [0.4, 0.5) is 0 Å². The number of phosphoric ester groups is 1. The van der Waals surface area contributed by atoms with Crippen LogP contribution >= 0.6 is 7.82 Å². The number of nitrogens with two attached hydrogens (primary N) is 1. The molecule has 0 aliphatic rings. The molecule has 0 aromatic heterocycles. The maximum absolute atomic E-state index is 12.6. The van der Waals surface area contributed by atoms with Gasteiger partial charge in [-0.2, -0.15) is 0 Å². The van der Waals surface area contributed by atoms with Crippen molar-refractivity contribution in [1.29, 1.82) is 0 Å². The fourth-order valence-electron chi connectivity index (χ4n) is 6.03. The van der Waals surface area contributed by atoms with Gasteiger partial charge in [-0.05, 0) is 77.0 Å². The molecule has 330 valence electrons. The summed E-state index contributed by atoms with van der Waals surface area (Å²) in [6, 6.07) is 0. The van der Waals surface area contributed by atoms with Crippen LogP contribution in [0.2, 0.25) is 0 Å². The number of rotatable bonds is 42. The van der Waals surface area contributed by atoms with Crippen LogP contribution in [0.1, 0.15) is 194 Å². The second kappa shape index (κ2) is 43.3. The Balaban J connectivity index is 4.10. The maximum atomic E-state index is 12.6. The Labute approximate surface area is 349 Å². The first-order chi connectivity index (χ1) is 27.8. The molecule has 2 atom stereocenters. The normalized spacial score (nSPS) is 13.8. The molecule has 0 amide bonds. The second-order valence-electron chi connectivity index (χ2n) is 14.9. The van der Waals surface area contributed by atoms with Crippen molar-refractivity contribution < 1.29 is 37.6 Å². The van der Waals surface area contributed by atoms with Crippen molar-refractivity contribution in [2.75, 3.05) is 26.4 Å². The molecule has 2 unspecified atom stereocenters. The zero-order valence-corrected chi connectivity index (χ0v) is 37.2. The summed E-state index contributed by atoms with van der Waals surface area (Å²) in [6.07, 6.45) is 51.1. The Morgan fingerprint density at radius 1 is 0.544 bits per heavy atom. The van der Waals surface area contributed by atoms with Crippen molar-refractivity contribution in [3.8, 4) is 0 Å². The Kier molecular flexibility index (Phi) is 41.6. The van der Waals surface area contributed by atoms with Crippen LogP contribution in [0, 0.1) is 0 Å². The van der Waals surface area contributed by atoms with Gasteiger partial charge < -0.3 is 20.1 Å². The van der Waals surface area contributed by atoms with Gasteiger partial charge in [0.25, 0.3) is 0 Å². The summed E-state index contributed by atoms with van der Waals surface area (Å²) in [6.45, 7) is 3.59. The van der Waals surface area contributed by atoms with E-state index >= 15 is 0 Å². The fraction of sp³-hybridized carbons (Fsp3) is 0.745. The molecule has 0 heterocycles. The Bertz CT molecular complexity index is 1120. The third-order valence-corrected chi connectivity index (χ3v) is 10.4. The first kappa shape index (κ1) is 54.7. The number of allylic oxidation sites excluding steroid dienone is 10. The van der Waals surface area contributed by atoms with Crippen LogP contribution in [0.5, 0.6) is 0 Å². The summed E-state index contributed by atoms with van der Waals surface area (Å²) in [4.78, 5) is 34.9. The van der Waals surface area contributed by atoms with E-state index in [0.29, 0.717) is 6.42 Å². The van der Waals surface area contributed by atoms with E-state index in [2.05, 4.69) is 74.6 Å². The van der Waals surface area contributed by atoms with Gasteiger partial charge in [0.1, 0.15) is 6.61 Å². The minimum Gasteiger partial charge on any atom is -0.462 e. The van der Waals surface area contributed by atoms with Crippen LogP contribution < -0.4 is 5.73 Å². The number of hydrogen-bond donors (Lipinski definition) is 2. The zero-order chi connectivity index (χ0) is 41.8. The molecule has 0 spiro atoms. The van der Waals surface area contributed by atoms with Gasteiger partial charge in [-0.1, -0.05) is 164 Å². The molecule has 0 aromatic carbocycles. The molecule has 0 aromatic rings. The van der Waals surface area contributed by atoms with Crippen LogP contribution in [0.25, 0.3) is 0 Å². The van der Waals surface area contributed by atoms with E-state index in [0.717, 1.165) is 89.9 Å². The van der Waals surface area contributed by atoms with Crippen molar-refractivity contribution >= 4 is 19.8 Å². The fourth-order valence-corrected chi connectivity index (χ4v) is 6.80. The summed E-state index contributed by atoms with van der Waals surface area (Å²) in [5, 5.41) is 0. The number of ether oxygens (including phenoxy) is 2. The predicted octanol–water partition coefficient (Wildman–Crippen LogP) is 13.3. The number of phosphoric acid groups is 1. The average Bonchev–Trinajstić information content (AvgIpc) is 3.20. The lowest BCUT2D eigenvalue weighted by molar-refractivity contribution is -0.161. The molecule has 0 saturated carbocycles. The lowest BCUT2D eigenvalue weighted by Crippen LogP contribution is -2.29. The van der Waals surface area contributed by atoms with E-state index in [4.69, 9.17) is 24.3 Å². The molecule has 0 rings (SSSR count). The Hall–Kier alpha value is -2.29. The van der Waals surface area contributed by atoms with E-state index in [1.807, 2.05) is 0 Å². The lowest BCUT2D eigenvalue weighted by atomic mass is 10.0. The van der Waals surface area contributed by atoms with Crippen LogP contribution in [-0.2, 0) is 32.7 Å². The van der Waals surface area contributed by atoms with Gasteiger partial charge in [0.2, 0.25) is 0 Å². The quantitative estimate of drug-likeness (QED) is 0.0267. The predicted molar refractivity (Wildman–Crippen MR) is 238 cm³/mol. The molecule has 0 saturated heterocycles. The van der Waals surface area contributed by atoms with E-state index in [1.54, 1.807) is 0 Å². The van der Waals surface area contributed by atoms with Crippen LogP contribution in [0.15, 0.2) is 60.8 Å². The summed E-state index contributed by atoms with van der Waals surface area (Å²) in [5.41, 5.74) is 5.35. The summed E-state index contributed by atoms with van der Waals surface area (Å²) >= 11 is 0. The molecule has 57 heavy (non-hydrogen) atoms. The number of carbonyl (C=O) groups excluding carboxylic acids is 2. The molecule has 0 aliphatic heterocycles. The smallest absolute Gasteiger partial charge is 0.462 e. The first-order valence-electron chi connectivity index (χ1n) is 22.8. The molecule has 9 nitrogen and oxygen atoms in total. The number of hydrogen-bond acceptors (Lipinski definition) is 8. The van der Waals surface area contributed by atoms with Crippen LogP contribution in [-0.4, -0.2) is 49.3 Å².